The number of aryl methyl sites for hydroxylation is 1. The highest BCUT2D eigenvalue weighted by atomic mass is 16.3. The number of hydrogen-bond acceptors (Lipinski definition) is 3. The minimum atomic E-state index is -0.211. The van der Waals surface area contributed by atoms with Crippen molar-refractivity contribution in [1.82, 2.24) is 0 Å². The molecule has 2 aromatic carbocycles. The van der Waals surface area contributed by atoms with Crippen LogP contribution in [-0.4, -0.2) is 19.0 Å². The largest absolute Gasteiger partial charge is 0.451 e. The maximum absolute atomic E-state index is 12.5. The molecule has 3 aromatic rings. The van der Waals surface area contributed by atoms with Gasteiger partial charge in [0.05, 0.1) is 0 Å². The van der Waals surface area contributed by atoms with Gasteiger partial charge in [0.25, 0.3) is 5.91 Å². The Balaban J connectivity index is 1.53. The van der Waals surface area contributed by atoms with Gasteiger partial charge in [0.15, 0.2) is 5.76 Å². The first-order valence-electron chi connectivity index (χ1n) is 8.37. The van der Waals surface area contributed by atoms with Gasteiger partial charge < -0.3 is 14.6 Å². The van der Waals surface area contributed by atoms with E-state index in [0.29, 0.717) is 5.76 Å². The fourth-order valence-electron chi connectivity index (χ4n) is 3.31. The SMILES string of the molecule is Cc1c(C(=O)Nc2ccc(N3CCCC3)cc2)oc2ccccc12. The molecule has 4 rings (SSSR count). The molecule has 0 saturated carbocycles. The predicted octanol–water partition coefficient (Wildman–Crippen LogP) is 4.59. The maximum atomic E-state index is 12.5. The van der Waals surface area contributed by atoms with Gasteiger partial charge in [0.1, 0.15) is 5.58 Å². The van der Waals surface area contributed by atoms with E-state index in [4.69, 9.17) is 4.42 Å². The molecule has 0 unspecified atom stereocenters. The fraction of sp³-hybridized carbons (Fsp3) is 0.250. The number of nitrogens with one attached hydrogen (secondary N) is 1. The Morgan fingerprint density at radius 3 is 2.46 bits per heavy atom. The Kier molecular flexibility index (Phi) is 3.73. The molecule has 24 heavy (non-hydrogen) atoms. The zero-order chi connectivity index (χ0) is 16.5. The van der Waals surface area contributed by atoms with Crippen LogP contribution in [0.2, 0.25) is 0 Å². The average molecular weight is 320 g/mol. The van der Waals surface area contributed by atoms with Crippen LogP contribution in [0.5, 0.6) is 0 Å². The van der Waals surface area contributed by atoms with Crippen LogP contribution in [0.15, 0.2) is 52.9 Å². The number of amides is 1. The lowest BCUT2D eigenvalue weighted by Crippen LogP contribution is -2.17. The number of fused-ring (bicyclic) bond motifs is 1. The molecule has 122 valence electrons. The third-order valence-electron chi connectivity index (χ3n) is 4.65. The monoisotopic (exact) mass is 320 g/mol. The van der Waals surface area contributed by atoms with Crippen molar-refractivity contribution in [3.63, 3.8) is 0 Å². The van der Waals surface area contributed by atoms with Crippen LogP contribution in [0.4, 0.5) is 11.4 Å². The van der Waals surface area contributed by atoms with Crippen molar-refractivity contribution in [2.24, 2.45) is 0 Å². The minimum Gasteiger partial charge on any atom is -0.451 e. The first-order valence-corrected chi connectivity index (χ1v) is 8.37. The van der Waals surface area contributed by atoms with E-state index in [9.17, 15) is 4.79 Å². The van der Waals surface area contributed by atoms with Crippen molar-refractivity contribution >= 4 is 28.3 Å². The van der Waals surface area contributed by atoms with Gasteiger partial charge in [-0.2, -0.15) is 0 Å². The highest BCUT2D eigenvalue weighted by molar-refractivity contribution is 6.06. The molecule has 0 spiro atoms. The van der Waals surface area contributed by atoms with Gasteiger partial charge in [-0.15, -0.1) is 0 Å². The Labute approximate surface area is 141 Å². The van der Waals surface area contributed by atoms with Crippen molar-refractivity contribution in [2.75, 3.05) is 23.3 Å². The summed E-state index contributed by atoms with van der Waals surface area (Å²) in [6.07, 6.45) is 2.51. The minimum absolute atomic E-state index is 0.211. The van der Waals surface area contributed by atoms with Crippen molar-refractivity contribution in [3.8, 4) is 0 Å². The molecule has 1 N–H and O–H groups in total. The Morgan fingerprint density at radius 2 is 1.75 bits per heavy atom. The average Bonchev–Trinajstić information content (AvgIpc) is 3.24. The van der Waals surface area contributed by atoms with Crippen molar-refractivity contribution in [1.29, 1.82) is 0 Å². The molecule has 1 saturated heterocycles. The molecule has 1 fully saturated rings. The van der Waals surface area contributed by atoms with E-state index in [1.165, 1.54) is 18.5 Å². The number of carbonyl (C=O) groups is 1. The summed E-state index contributed by atoms with van der Waals surface area (Å²) < 4.78 is 5.72. The van der Waals surface area contributed by atoms with Gasteiger partial charge in [-0.1, -0.05) is 18.2 Å². The topological polar surface area (TPSA) is 45.5 Å². The number of furan rings is 1. The number of rotatable bonds is 3. The molecule has 0 radical (unpaired) electrons. The van der Waals surface area contributed by atoms with Gasteiger partial charge in [0, 0.05) is 35.4 Å². The molecule has 1 aliphatic rings. The van der Waals surface area contributed by atoms with Crippen LogP contribution in [-0.2, 0) is 0 Å². The molecule has 4 nitrogen and oxygen atoms in total. The second-order valence-electron chi connectivity index (χ2n) is 6.25. The maximum Gasteiger partial charge on any atom is 0.291 e. The van der Waals surface area contributed by atoms with Crippen LogP contribution in [0, 0.1) is 6.92 Å². The van der Waals surface area contributed by atoms with Crippen LogP contribution >= 0.6 is 0 Å². The summed E-state index contributed by atoms with van der Waals surface area (Å²) in [5, 5.41) is 3.91. The summed E-state index contributed by atoms with van der Waals surface area (Å²) in [7, 11) is 0. The molecule has 0 aliphatic carbocycles. The lowest BCUT2D eigenvalue weighted by Gasteiger charge is -2.17. The number of nitrogens with zero attached hydrogens (tertiary/aromatic N) is 1. The number of anilines is 2. The molecule has 0 bridgehead atoms. The molecular weight excluding hydrogens is 300 g/mol. The Hall–Kier alpha value is -2.75. The van der Waals surface area contributed by atoms with E-state index < -0.39 is 0 Å². The van der Waals surface area contributed by atoms with Gasteiger partial charge in [0.2, 0.25) is 0 Å². The second kappa shape index (κ2) is 6.04. The van der Waals surface area contributed by atoms with Crippen LogP contribution in [0.25, 0.3) is 11.0 Å². The summed E-state index contributed by atoms with van der Waals surface area (Å²) in [6, 6.07) is 15.7. The molecule has 0 atom stereocenters. The molecule has 2 heterocycles. The molecule has 4 heteroatoms. The summed E-state index contributed by atoms with van der Waals surface area (Å²) in [5.41, 5.74) is 3.61. The zero-order valence-electron chi connectivity index (χ0n) is 13.7. The number of carbonyl (C=O) groups excluding carboxylic acids is 1. The highest BCUT2D eigenvalue weighted by Crippen LogP contribution is 2.26. The van der Waals surface area contributed by atoms with E-state index in [2.05, 4.69) is 22.3 Å². The molecular formula is C20H20N2O2. The van der Waals surface area contributed by atoms with E-state index in [0.717, 1.165) is 35.3 Å². The summed E-state index contributed by atoms with van der Waals surface area (Å²) >= 11 is 0. The number of benzene rings is 2. The van der Waals surface area contributed by atoms with E-state index in [-0.39, 0.29) is 5.91 Å². The normalized spacial score (nSPS) is 14.3. The Morgan fingerprint density at radius 1 is 1.04 bits per heavy atom. The van der Waals surface area contributed by atoms with E-state index in [1.807, 2.05) is 43.3 Å². The highest BCUT2D eigenvalue weighted by Gasteiger charge is 2.18. The first kappa shape index (κ1) is 14.8. The first-order chi connectivity index (χ1) is 11.7. The van der Waals surface area contributed by atoms with Gasteiger partial charge in [-0.3, -0.25) is 4.79 Å². The van der Waals surface area contributed by atoms with Gasteiger partial charge in [-0.05, 0) is 50.1 Å². The van der Waals surface area contributed by atoms with Crippen molar-refractivity contribution in [2.45, 2.75) is 19.8 Å². The van der Waals surface area contributed by atoms with Gasteiger partial charge in [-0.25, -0.2) is 0 Å². The fourth-order valence-corrected chi connectivity index (χ4v) is 3.31. The number of para-hydroxylation sites is 1. The zero-order valence-corrected chi connectivity index (χ0v) is 13.7. The number of hydrogen-bond donors (Lipinski definition) is 1. The predicted molar refractivity (Wildman–Crippen MR) is 96.8 cm³/mol. The van der Waals surface area contributed by atoms with Crippen molar-refractivity contribution in [3.05, 3.63) is 59.9 Å². The third kappa shape index (κ3) is 2.64. The molecule has 1 aromatic heterocycles. The second-order valence-corrected chi connectivity index (χ2v) is 6.25. The Bertz CT molecular complexity index is 874. The summed E-state index contributed by atoms with van der Waals surface area (Å²) in [4.78, 5) is 14.9. The lowest BCUT2D eigenvalue weighted by atomic mass is 10.1. The summed E-state index contributed by atoms with van der Waals surface area (Å²) in [5.74, 6) is 0.164. The van der Waals surface area contributed by atoms with E-state index in [1.54, 1.807) is 0 Å². The van der Waals surface area contributed by atoms with Crippen LogP contribution in [0.1, 0.15) is 29.0 Å². The van der Waals surface area contributed by atoms with E-state index >= 15 is 0 Å². The van der Waals surface area contributed by atoms with Crippen molar-refractivity contribution < 1.29 is 9.21 Å². The third-order valence-corrected chi connectivity index (χ3v) is 4.65. The molecule has 1 amide bonds. The van der Waals surface area contributed by atoms with Crippen LogP contribution < -0.4 is 10.2 Å². The quantitative estimate of drug-likeness (QED) is 0.767. The van der Waals surface area contributed by atoms with Gasteiger partial charge >= 0.3 is 0 Å². The lowest BCUT2D eigenvalue weighted by molar-refractivity contribution is 0.0998. The summed E-state index contributed by atoms with van der Waals surface area (Å²) in [6.45, 7) is 4.14. The standard InChI is InChI=1S/C20H20N2O2/c1-14-17-6-2-3-7-18(17)24-19(14)20(23)21-15-8-10-16(11-9-15)22-12-4-5-13-22/h2-3,6-11H,4-5,12-13H2,1H3,(H,21,23). The molecule has 1 aliphatic heterocycles. The van der Waals surface area contributed by atoms with Crippen LogP contribution in [0.3, 0.4) is 0 Å². The smallest absolute Gasteiger partial charge is 0.291 e.